The van der Waals surface area contributed by atoms with Crippen molar-refractivity contribution in [1.82, 2.24) is 0 Å². The zero-order chi connectivity index (χ0) is 16.8. The van der Waals surface area contributed by atoms with Gasteiger partial charge in [-0.3, -0.25) is 0 Å². The van der Waals surface area contributed by atoms with Gasteiger partial charge in [-0.05, 0) is 69.0 Å². The average Bonchev–Trinajstić information content (AvgIpc) is 2.40. The lowest BCUT2D eigenvalue weighted by Gasteiger charge is -2.16. The summed E-state index contributed by atoms with van der Waals surface area (Å²) >= 11 is 0. The van der Waals surface area contributed by atoms with Gasteiger partial charge in [0, 0.05) is 5.56 Å². The molecule has 2 N–H and O–H groups in total. The molecule has 2 aromatic rings. The van der Waals surface area contributed by atoms with Crippen molar-refractivity contribution in [2.24, 2.45) is 0 Å². The molecule has 0 saturated carbocycles. The van der Waals surface area contributed by atoms with Crippen molar-refractivity contribution in [3.05, 3.63) is 46.0 Å². The molecule has 118 valence electrons. The Balaban J connectivity index is 2.89. The molecule has 0 aliphatic heterocycles. The van der Waals surface area contributed by atoms with Gasteiger partial charge in [-0.15, -0.1) is 0 Å². The number of hydrogen-bond donors (Lipinski definition) is 2. The first kappa shape index (κ1) is 16.4. The summed E-state index contributed by atoms with van der Waals surface area (Å²) in [4.78, 5) is -0.0634. The van der Waals surface area contributed by atoms with Gasteiger partial charge in [0.25, 0.3) is 0 Å². The number of sulfone groups is 1. The predicted octanol–water partition coefficient (Wildman–Crippen LogP) is 3.47. The molecule has 0 unspecified atom stereocenters. The second-order valence-electron chi connectivity index (χ2n) is 5.72. The Kier molecular flexibility index (Phi) is 3.96. The average molecular weight is 320 g/mol. The highest BCUT2D eigenvalue weighted by Crippen LogP contribution is 2.38. The van der Waals surface area contributed by atoms with Gasteiger partial charge < -0.3 is 10.2 Å². The lowest BCUT2D eigenvalue weighted by atomic mass is 10.1. The number of phenolic OH excluding ortho intramolecular Hbond substituents is 2. The number of aryl methyl sites for hydroxylation is 3. The molecule has 0 saturated heterocycles. The molecule has 0 radical (unpaired) electrons. The van der Waals surface area contributed by atoms with E-state index in [0.29, 0.717) is 16.7 Å². The van der Waals surface area contributed by atoms with Crippen molar-refractivity contribution in [2.45, 2.75) is 44.4 Å². The van der Waals surface area contributed by atoms with E-state index >= 15 is 0 Å². The first-order chi connectivity index (χ1) is 10.1. The fourth-order valence-electron chi connectivity index (χ4n) is 2.56. The largest absolute Gasteiger partial charge is 0.508 e. The van der Waals surface area contributed by atoms with E-state index in [9.17, 15) is 18.6 Å². The van der Waals surface area contributed by atoms with Crippen LogP contribution < -0.4 is 0 Å². The van der Waals surface area contributed by atoms with E-state index in [0.717, 1.165) is 5.56 Å². The van der Waals surface area contributed by atoms with Gasteiger partial charge in [0.2, 0.25) is 9.84 Å². The SMILES string of the molecule is Cc1cc(O)c(C)c(S(=O)(=O)c2c(C)c(C)cc(C)c2O)c1. The highest BCUT2D eigenvalue weighted by Gasteiger charge is 2.28. The zero-order valence-electron chi connectivity index (χ0n) is 13.4. The van der Waals surface area contributed by atoms with Crippen molar-refractivity contribution in [2.75, 3.05) is 0 Å². The van der Waals surface area contributed by atoms with Crippen molar-refractivity contribution in [3.63, 3.8) is 0 Å². The molecule has 4 nitrogen and oxygen atoms in total. The summed E-state index contributed by atoms with van der Waals surface area (Å²) in [5, 5.41) is 20.2. The van der Waals surface area contributed by atoms with E-state index in [-0.39, 0.29) is 26.9 Å². The highest BCUT2D eigenvalue weighted by atomic mass is 32.2. The summed E-state index contributed by atoms with van der Waals surface area (Å²) in [6, 6.07) is 4.79. The Morgan fingerprint density at radius 1 is 0.818 bits per heavy atom. The first-order valence-corrected chi connectivity index (χ1v) is 8.40. The van der Waals surface area contributed by atoms with E-state index < -0.39 is 9.84 Å². The molecule has 22 heavy (non-hydrogen) atoms. The molecule has 0 bridgehead atoms. The van der Waals surface area contributed by atoms with Crippen molar-refractivity contribution < 1.29 is 18.6 Å². The second kappa shape index (κ2) is 5.32. The molecular formula is C17H20O4S. The predicted molar refractivity (Wildman–Crippen MR) is 85.4 cm³/mol. The van der Waals surface area contributed by atoms with Crippen LogP contribution in [0, 0.1) is 34.6 Å². The van der Waals surface area contributed by atoms with E-state index in [1.165, 1.54) is 12.1 Å². The summed E-state index contributed by atoms with van der Waals surface area (Å²) in [6.45, 7) is 8.41. The van der Waals surface area contributed by atoms with Gasteiger partial charge in [-0.2, -0.15) is 0 Å². The van der Waals surface area contributed by atoms with Gasteiger partial charge in [-0.25, -0.2) is 8.42 Å². The smallest absolute Gasteiger partial charge is 0.210 e. The van der Waals surface area contributed by atoms with Gasteiger partial charge in [0.15, 0.2) is 0 Å². The second-order valence-corrected chi connectivity index (χ2v) is 7.58. The fraction of sp³-hybridized carbons (Fsp3) is 0.294. The lowest BCUT2D eigenvalue weighted by Crippen LogP contribution is -2.09. The molecule has 0 atom stereocenters. The Morgan fingerprint density at radius 2 is 1.41 bits per heavy atom. The van der Waals surface area contributed by atoms with Crippen LogP contribution in [0.5, 0.6) is 11.5 Å². The van der Waals surface area contributed by atoms with Crippen LogP contribution in [0.2, 0.25) is 0 Å². The standard InChI is InChI=1S/C17H20O4S/c1-9-6-14(18)13(5)15(7-9)22(20,21)17-12(4)10(2)8-11(3)16(17)19/h6-8,18-19H,1-5H3. The molecule has 0 heterocycles. The quantitative estimate of drug-likeness (QED) is 0.888. The minimum absolute atomic E-state index is 0.0217. The molecule has 0 fully saturated rings. The minimum atomic E-state index is -3.93. The topological polar surface area (TPSA) is 74.6 Å². The van der Waals surface area contributed by atoms with Crippen molar-refractivity contribution in [3.8, 4) is 11.5 Å². The van der Waals surface area contributed by atoms with Gasteiger partial charge in [0.05, 0.1) is 4.90 Å². The van der Waals surface area contributed by atoms with E-state index in [2.05, 4.69) is 0 Å². The van der Waals surface area contributed by atoms with Crippen LogP contribution >= 0.6 is 0 Å². The minimum Gasteiger partial charge on any atom is -0.508 e. The van der Waals surface area contributed by atoms with Crippen molar-refractivity contribution >= 4 is 9.84 Å². The third kappa shape index (κ3) is 2.46. The summed E-state index contributed by atoms with van der Waals surface area (Å²) in [6.07, 6.45) is 0. The fourth-order valence-corrected chi connectivity index (χ4v) is 4.61. The number of hydrogen-bond acceptors (Lipinski definition) is 4. The number of phenols is 2. The molecule has 0 amide bonds. The molecular weight excluding hydrogens is 300 g/mol. The number of aromatic hydroxyl groups is 2. The summed E-state index contributed by atoms with van der Waals surface area (Å²) < 4.78 is 26.1. The Hall–Kier alpha value is -2.01. The van der Waals surface area contributed by atoms with Gasteiger partial charge >= 0.3 is 0 Å². The maximum Gasteiger partial charge on any atom is 0.210 e. The number of benzene rings is 2. The van der Waals surface area contributed by atoms with Crippen LogP contribution in [0.3, 0.4) is 0 Å². The summed E-state index contributed by atoms with van der Waals surface area (Å²) in [5.41, 5.74) is 2.75. The number of rotatable bonds is 2. The molecule has 2 rings (SSSR count). The zero-order valence-corrected chi connectivity index (χ0v) is 14.2. The molecule has 0 aromatic heterocycles. The third-order valence-corrected chi connectivity index (χ3v) is 6.03. The summed E-state index contributed by atoms with van der Waals surface area (Å²) in [7, 11) is -3.93. The van der Waals surface area contributed by atoms with Crippen LogP contribution in [0.15, 0.2) is 28.0 Å². The van der Waals surface area contributed by atoms with E-state index in [1.807, 2.05) is 0 Å². The molecule has 0 aliphatic rings. The Bertz CT molecular complexity index is 839. The molecule has 2 aromatic carbocycles. The van der Waals surface area contributed by atoms with Crippen LogP contribution in [0.4, 0.5) is 0 Å². The first-order valence-electron chi connectivity index (χ1n) is 6.92. The Labute approximate surface area is 131 Å². The monoisotopic (exact) mass is 320 g/mol. The van der Waals surface area contributed by atoms with Gasteiger partial charge in [-0.1, -0.05) is 6.07 Å². The maximum atomic E-state index is 13.0. The van der Waals surface area contributed by atoms with Crippen LogP contribution in [0.1, 0.15) is 27.8 Å². The van der Waals surface area contributed by atoms with Crippen LogP contribution in [0.25, 0.3) is 0 Å². The molecule has 0 aliphatic carbocycles. The van der Waals surface area contributed by atoms with Gasteiger partial charge in [0.1, 0.15) is 16.4 Å². The third-order valence-electron chi connectivity index (χ3n) is 3.99. The summed E-state index contributed by atoms with van der Waals surface area (Å²) in [5.74, 6) is -0.302. The van der Waals surface area contributed by atoms with Crippen molar-refractivity contribution in [1.29, 1.82) is 0 Å². The Morgan fingerprint density at radius 3 is 2.00 bits per heavy atom. The molecule has 0 spiro atoms. The highest BCUT2D eigenvalue weighted by molar-refractivity contribution is 7.91. The molecule has 5 heteroatoms. The lowest BCUT2D eigenvalue weighted by molar-refractivity contribution is 0.452. The van der Waals surface area contributed by atoms with Crippen LogP contribution in [-0.2, 0) is 9.84 Å². The van der Waals surface area contributed by atoms with E-state index in [4.69, 9.17) is 0 Å². The van der Waals surface area contributed by atoms with Crippen LogP contribution in [-0.4, -0.2) is 18.6 Å². The normalized spacial score (nSPS) is 11.7. The maximum absolute atomic E-state index is 13.0. The van der Waals surface area contributed by atoms with E-state index in [1.54, 1.807) is 40.7 Å².